The molecule has 2 bridgehead atoms. The molecule has 0 radical (unpaired) electrons. The Morgan fingerprint density at radius 2 is 1.69 bits per heavy atom. The number of nitrogens with one attached hydrogen (secondary N) is 1. The summed E-state index contributed by atoms with van der Waals surface area (Å²) in [4.78, 5) is 6.43. The fourth-order valence-electron chi connectivity index (χ4n) is 8.65. The number of nitrogens with zero attached hydrogens (tertiary/aromatic N) is 1. The zero-order chi connectivity index (χ0) is 25.9. The molecule has 0 unspecified atom stereocenters. The minimum absolute atomic E-state index is 0.0211. The van der Waals surface area contributed by atoms with Crippen LogP contribution in [0.15, 0.2) is 72.8 Å². The first-order chi connectivity index (χ1) is 19.1. The summed E-state index contributed by atoms with van der Waals surface area (Å²) < 4.78 is 6.81. The van der Waals surface area contributed by atoms with Gasteiger partial charge in [-0.05, 0) is 66.5 Å². The van der Waals surface area contributed by atoms with E-state index >= 15 is 0 Å². The summed E-state index contributed by atoms with van der Waals surface area (Å²) in [5.74, 6) is 1.51. The van der Waals surface area contributed by atoms with E-state index in [1.54, 1.807) is 6.07 Å². The Hall–Kier alpha value is -3.54. The number of phenolic OH excluding ortho intramolecular Hbond substituents is 1. The van der Waals surface area contributed by atoms with E-state index in [0.29, 0.717) is 12.2 Å². The Bertz CT molecular complexity index is 1630. The Balaban J connectivity index is 1.32. The lowest BCUT2D eigenvalue weighted by Crippen LogP contribution is -2.74. The minimum atomic E-state index is -0.996. The van der Waals surface area contributed by atoms with Crippen molar-refractivity contribution in [3.63, 3.8) is 0 Å². The molecule has 5 heteroatoms. The van der Waals surface area contributed by atoms with Gasteiger partial charge in [-0.2, -0.15) is 0 Å². The molecule has 4 aromatic rings. The number of ether oxygens (including phenoxy) is 1. The lowest BCUT2D eigenvalue weighted by Gasteiger charge is -2.62. The van der Waals surface area contributed by atoms with E-state index in [0.717, 1.165) is 71.1 Å². The van der Waals surface area contributed by atoms with Crippen molar-refractivity contribution in [1.82, 2.24) is 9.88 Å². The minimum Gasteiger partial charge on any atom is -0.504 e. The number of aliphatic hydroxyl groups is 1. The molecule has 1 saturated carbocycles. The van der Waals surface area contributed by atoms with Crippen LogP contribution in [-0.4, -0.2) is 44.8 Å². The van der Waals surface area contributed by atoms with Crippen LogP contribution in [0.25, 0.3) is 22.4 Å². The van der Waals surface area contributed by atoms with E-state index in [-0.39, 0.29) is 17.9 Å². The number of fused-ring (bicyclic) bond motifs is 2. The van der Waals surface area contributed by atoms with E-state index in [9.17, 15) is 10.2 Å². The standard InChI is InChI=1S/C34H32N2O3/c37-25-14-13-23-17-26-34(38)18-24-27(21-7-3-1-4-8-21)29(22-9-5-2-6-10-22)35-30(24)32-33(34,28(23)31(25)39-32)15-16-36(26)19-20-11-12-20/h1-10,13-14,20,26,32,35,37-38H,11-12,15-19H2/t26-,32+,33+,34-/m1/s1. The highest BCUT2D eigenvalue weighted by atomic mass is 16.5. The van der Waals surface area contributed by atoms with Crippen LogP contribution < -0.4 is 4.74 Å². The number of hydrogen-bond donors (Lipinski definition) is 3. The van der Waals surface area contributed by atoms with E-state index in [4.69, 9.17) is 4.74 Å². The van der Waals surface area contributed by atoms with Crippen molar-refractivity contribution >= 4 is 0 Å². The Morgan fingerprint density at radius 1 is 0.949 bits per heavy atom. The number of aromatic nitrogens is 1. The van der Waals surface area contributed by atoms with Gasteiger partial charge in [0.05, 0.1) is 22.4 Å². The maximum atomic E-state index is 13.2. The van der Waals surface area contributed by atoms with Crippen LogP contribution in [0.2, 0.25) is 0 Å². The molecular weight excluding hydrogens is 484 g/mol. The average Bonchev–Trinajstić information content (AvgIpc) is 3.59. The summed E-state index contributed by atoms with van der Waals surface area (Å²) in [5.41, 5.74) is 7.39. The van der Waals surface area contributed by atoms with E-state index in [1.807, 2.05) is 6.07 Å². The number of aromatic amines is 1. The van der Waals surface area contributed by atoms with E-state index < -0.39 is 11.0 Å². The van der Waals surface area contributed by atoms with Crippen molar-refractivity contribution in [3.8, 4) is 33.9 Å². The highest BCUT2D eigenvalue weighted by Gasteiger charge is 2.73. The number of hydrogen-bond acceptors (Lipinski definition) is 4. The summed E-state index contributed by atoms with van der Waals surface area (Å²) in [6.45, 7) is 2.01. The monoisotopic (exact) mass is 516 g/mol. The molecule has 3 heterocycles. The zero-order valence-corrected chi connectivity index (χ0v) is 21.9. The van der Waals surface area contributed by atoms with Gasteiger partial charge in [-0.15, -0.1) is 0 Å². The molecule has 5 aliphatic rings. The van der Waals surface area contributed by atoms with Crippen molar-refractivity contribution in [2.75, 3.05) is 13.1 Å². The van der Waals surface area contributed by atoms with E-state index in [2.05, 4.69) is 70.5 Å². The van der Waals surface area contributed by atoms with Crippen LogP contribution in [0.3, 0.4) is 0 Å². The predicted octanol–water partition coefficient (Wildman–Crippen LogP) is 5.75. The Kier molecular flexibility index (Phi) is 4.32. The van der Waals surface area contributed by atoms with Crippen molar-refractivity contribution in [3.05, 3.63) is 95.2 Å². The number of rotatable bonds is 4. The smallest absolute Gasteiger partial charge is 0.166 e. The van der Waals surface area contributed by atoms with Crippen molar-refractivity contribution in [2.24, 2.45) is 5.92 Å². The van der Waals surface area contributed by atoms with Gasteiger partial charge in [-0.25, -0.2) is 0 Å². The third kappa shape index (κ3) is 2.77. The molecule has 39 heavy (non-hydrogen) atoms. The number of benzene rings is 3. The molecule has 9 rings (SSSR count). The van der Waals surface area contributed by atoms with Crippen LogP contribution in [0.4, 0.5) is 0 Å². The first kappa shape index (κ1) is 22.3. The molecule has 0 amide bonds. The molecule has 1 saturated heterocycles. The average molecular weight is 517 g/mol. The summed E-state index contributed by atoms with van der Waals surface area (Å²) in [6, 6.07) is 24.9. The Labute approximate surface area is 228 Å². The van der Waals surface area contributed by atoms with Crippen LogP contribution in [0.1, 0.15) is 47.8 Å². The molecule has 196 valence electrons. The summed E-state index contributed by atoms with van der Waals surface area (Å²) in [6.07, 6.45) is 4.40. The van der Waals surface area contributed by atoms with Crippen LogP contribution in [0, 0.1) is 5.92 Å². The highest BCUT2D eigenvalue weighted by molar-refractivity contribution is 5.86. The van der Waals surface area contributed by atoms with Gasteiger partial charge in [0, 0.05) is 30.1 Å². The molecular formula is C34H32N2O3. The molecule has 3 aliphatic carbocycles. The van der Waals surface area contributed by atoms with E-state index in [1.165, 1.54) is 18.4 Å². The number of piperidine rings is 1. The number of likely N-dealkylation sites (tertiary alicyclic amines) is 1. The maximum absolute atomic E-state index is 13.2. The SMILES string of the molecule is Oc1ccc2c3c1O[C@H]1c4[nH]c(-c5ccccc5)c(-c5ccccc5)c4C[C@@]4(O)[C@@H](C2)N(CC2CC2)CC[C@]314. The summed E-state index contributed by atoms with van der Waals surface area (Å²) in [7, 11) is 0. The van der Waals surface area contributed by atoms with Crippen molar-refractivity contribution < 1.29 is 14.9 Å². The molecule has 2 fully saturated rings. The first-order valence-electron chi connectivity index (χ1n) is 14.4. The molecule has 5 nitrogen and oxygen atoms in total. The van der Waals surface area contributed by atoms with Gasteiger partial charge in [-0.3, -0.25) is 4.90 Å². The van der Waals surface area contributed by atoms with Gasteiger partial charge < -0.3 is 19.9 Å². The molecule has 4 atom stereocenters. The normalized spacial score (nSPS) is 30.0. The molecule has 1 aromatic heterocycles. The lowest BCUT2D eigenvalue weighted by molar-refractivity contribution is -0.173. The van der Waals surface area contributed by atoms with Gasteiger partial charge in [0.25, 0.3) is 0 Å². The van der Waals surface area contributed by atoms with Gasteiger partial charge in [0.1, 0.15) is 0 Å². The van der Waals surface area contributed by atoms with Crippen molar-refractivity contribution in [2.45, 2.75) is 55.3 Å². The third-order valence-corrected chi connectivity index (χ3v) is 10.5. The van der Waals surface area contributed by atoms with Crippen LogP contribution in [0.5, 0.6) is 11.5 Å². The second kappa shape index (κ2) is 7.56. The molecule has 3 aromatic carbocycles. The third-order valence-electron chi connectivity index (χ3n) is 10.5. The fraction of sp³-hybridized carbons (Fsp3) is 0.353. The largest absolute Gasteiger partial charge is 0.504 e. The highest BCUT2D eigenvalue weighted by Crippen LogP contribution is 2.69. The molecule has 3 N–H and O–H groups in total. The van der Waals surface area contributed by atoms with Gasteiger partial charge in [0.2, 0.25) is 0 Å². The predicted molar refractivity (Wildman–Crippen MR) is 150 cm³/mol. The quantitative estimate of drug-likeness (QED) is 0.323. The maximum Gasteiger partial charge on any atom is 0.166 e. The number of aromatic hydroxyl groups is 1. The lowest BCUT2D eigenvalue weighted by atomic mass is 9.49. The topological polar surface area (TPSA) is 68.7 Å². The van der Waals surface area contributed by atoms with Gasteiger partial charge in [-0.1, -0.05) is 66.7 Å². The molecule has 2 aliphatic heterocycles. The molecule has 1 spiro atoms. The van der Waals surface area contributed by atoms with Gasteiger partial charge in [0.15, 0.2) is 17.6 Å². The fourth-order valence-corrected chi connectivity index (χ4v) is 8.65. The second-order valence-electron chi connectivity index (χ2n) is 12.4. The first-order valence-corrected chi connectivity index (χ1v) is 14.4. The number of phenols is 1. The second-order valence-corrected chi connectivity index (χ2v) is 12.4. The summed E-state index contributed by atoms with van der Waals surface area (Å²) in [5, 5.41) is 24.2. The van der Waals surface area contributed by atoms with Crippen molar-refractivity contribution in [1.29, 1.82) is 0 Å². The number of H-pyrrole nitrogens is 1. The Morgan fingerprint density at radius 3 is 2.44 bits per heavy atom. The zero-order valence-electron chi connectivity index (χ0n) is 21.9. The van der Waals surface area contributed by atoms with Crippen LogP contribution in [-0.2, 0) is 18.3 Å². The van der Waals surface area contributed by atoms with Crippen LogP contribution >= 0.6 is 0 Å². The summed E-state index contributed by atoms with van der Waals surface area (Å²) >= 11 is 0. The van der Waals surface area contributed by atoms with Gasteiger partial charge >= 0.3 is 0 Å².